The highest BCUT2D eigenvalue weighted by atomic mass is 16.7. The van der Waals surface area contributed by atoms with Gasteiger partial charge in [-0.3, -0.25) is 4.79 Å². The zero-order valence-corrected chi connectivity index (χ0v) is 17.5. The first-order valence-corrected chi connectivity index (χ1v) is 10.8. The monoisotopic (exact) mass is 425 g/mol. The standard InChI is InChI=1S/C22H27N5O4/c28-22(23-13-16-3-4-18-19(12-16)31-15-30-18)17-2-1-7-27(14-17)21-6-5-20(24-25-21)26-8-10-29-11-9-26/h3-6,12,17H,1-2,7-11,13-15H2,(H,23,28)/t17-/m1/s1. The van der Waals surface area contributed by atoms with E-state index in [1.165, 1.54) is 0 Å². The van der Waals surface area contributed by atoms with Gasteiger partial charge in [-0.25, -0.2) is 0 Å². The average molecular weight is 425 g/mol. The van der Waals surface area contributed by atoms with E-state index in [1.54, 1.807) is 0 Å². The molecule has 1 aromatic carbocycles. The average Bonchev–Trinajstić information content (AvgIpc) is 3.31. The van der Waals surface area contributed by atoms with Gasteiger partial charge in [0.15, 0.2) is 23.1 Å². The minimum atomic E-state index is -0.0662. The van der Waals surface area contributed by atoms with Crippen molar-refractivity contribution >= 4 is 17.5 Å². The third-order valence-corrected chi connectivity index (χ3v) is 5.99. The fourth-order valence-corrected chi connectivity index (χ4v) is 4.23. The van der Waals surface area contributed by atoms with Crippen LogP contribution in [0.5, 0.6) is 11.5 Å². The van der Waals surface area contributed by atoms with Gasteiger partial charge in [-0.05, 0) is 42.7 Å². The molecule has 2 saturated heterocycles. The largest absolute Gasteiger partial charge is 0.454 e. The third kappa shape index (κ3) is 4.51. The minimum Gasteiger partial charge on any atom is -0.454 e. The van der Waals surface area contributed by atoms with E-state index in [2.05, 4.69) is 25.3 Å². The summed E-state index contributed by atoms with van der Waals surface area (Å²) in [6.07, 6.45) is 1.83. The Hall–Kier alpha value is -3.07. The highest BCUT2D eigenvalue weighted by Gasteiger charge is 2.27. The number of piperidine rings is 1. The molecule has 0 radical (unpaired) electrons. The molecule has 0 spiro atoms. The summed E-state index contributed by atoms with van der Waals surface area (Å²) < 4.78 is 16.1. The molecule has 0 saturated carbocycles. The number of aromatic nitrogens is 2. The molecule has 164 valence electrons. The van der Waals surface area contributed by atoms with E-state index in [4.69, 9.17) is 14.2 Å². The summed E-state index contributed by atoms with van der Waals surface area (Å²) >= 11 is 0. The van der Waals surface area contributed by atoms with Gasteiger partial charge < -0.3 is 29.3 Å². The van der Waals surface area contributed by atoms with Crippen molar-refractivity contribution < 1.29 is 19.0 Å². The lowest BCUT2D eigenvalue weighted by atomic mass is 9.97. The van der Waals surface area contributed by atoms with E-state index in [9.17, 15) is 4.79 Å². The molecule has 0 unspecified atom stereocenters. The summed E-state index contributed by atoms with van der Waals surface area (Å²) in [6, 6.07) is 9.76. The van der Waals surface area contributed by atoms with Crippen molar-refractivity contribution in [3.63, 3.8) is 0 Å². The Balaban J connectivity index is 1.16. The first-order valence-electron chi connectivity index (χ1n) is 10.8. The maximum atomic E-state index is 12.8. The van der Waals surface area contributed by atoms with Crippen LogP contribution in [0, 0.1) is 5.92 Å². The van der Waals surface area contributed by atoms with Crippen LogP contribution in [0.2, 0.25) is 0 Å². The van der Waals surface area contributed by atoms with E-state index >= 15 is 0 Å². The van der Waals surface area contributed by atoms with Crippen LogP contribution in [0.25, 0.3) is 0 Å². The van der Waals surface area contributed by atoms with Gasteiger partial charge in [0.25, 0.3) is 0 Å². The number of benzene rings is 1. The van der Waals surface area contributed by atoms with Crippen molar-refractivity contribution in [2.24, 2.45) is 5.92 Å². The van der Waals surface area contributed by atoms with Crippen molar-refractivity contribution in [1.29, 1.82) is 0 Å². The summed E-state index contributed by atoms with van der Waals surface area (Å²) in [5.74, 6) is 3.18. The van der Waals surface area contributed by atoms with Crippen molar-refractivity contribution in [2.75, 3.05) is 56.0 Å². The van der Waals surface area contributed by atoms with Crippen LogP contribution in [-0.2, 0) is 16.1 Å². The molecule has 0 aliphatic carbocycles. The Morgan fingerprint density at radius 1 is 1.00 bits per heavy atom. The van der Waals surface area contributed by atoms with Gasteiger partial charge >= 0.3 is 0 Å². The van der Waals surface area contributed by atoms with E-state index in [0.29, 0.717) is 13.1 Å². The number of carbonyl (C=O) groups excluding carboxylic acids is 1. The fourth-order valence-electron chi connectivity index (χ4n) is 4.23. The molecule has 4 heterocycles. The molecule has 2 fully saturated rings. The van der Waals surface area contributed by atoms with Crippen molar-refractivity contribution in [2.45, 2.75) is 19.4 Å². The summed E-state index contributed by atoms with van der Waals surface area (Å²) in [4.78, 5) is 17.1. The minimum absolute atomic E-state index is 0.0662. The molecule has 1 aromatic heterocycles. The Kier molecular flexibility index (Phi) is 5.75. The third-order valence-electron chi connectivity index (χ3n) is 5.99. The second-order valence-corrected chi connectivity index (χ2v) is 8.04. The number of anilines is 2. The SMILES string of the molecule is O=C(NCc1ccc2c(c1)OCO2)[C@@H]1CCCN(c2ccc(N3CCOCC3)nn2)C1. The molecule has 1 N–H and O–H groups in total. The first kappa shape index (κ1) is 19.9. The van der Waals surface area contributed by atoms with E-state index in [1.807, 2.05) is 30.3 Å². The molecule has 3 aliphatic heterocycles. The number of nitrogens with one attached hydrogen (secondary N) is 1. The molecule has 0 bridgehead atoms. The molecular formula is C22H27N5O4. The van der Waals surface area contributed by atoms with Gasteiger partial charge in [-0.15, -0.1) is 10.2 Å². The van der Waals surface area contributed by atoms with Crippen LogP contribution in [0.1, 0.15) is 18.4 Å². The maximum absolute atomic E-state index is 12.8. The fraction of sp³-hybridized carbons (Fsp3) is 0.500. The smallest absolute Gasteiger partial charge is 0.231 e. The molecule has 9 nitrogen and oxygen atoms in total. The van der Waals surface area contributed by atoms with E-state index in [0.717, 1.165) is 74.4 Å². The van der Waals surface area contributed by atoms with Gasteiger partial charge in [-0.2, -0.15) is 0 Å². The normalized spacial score (nSPS) is 20.6. The molecule has 3 aliphatic rings. The zero-order valence-electron chi connectivity index (χ0n) is 17.5. The Bertz CT molecular complexity index is 917. The highest BCUT2D eigenvalue weighted by Crippen LogP contribution is 2.32. The molecule has 31 heavy (non-hydrogen) atoms. The number of amides is 1. The predicted molar refractivity (Wildman–Crippen MR) is 114 cm³/mol. The quantitative estimate of drug-likeness (QED) is 0.772. The Morgan fingerprint density at radius 3 is 2.58 bits per heavy atom. The molecule has 1 atom stereocenters. The van der Waals surface area contributed by atoms with Crippen molar-refractivity contribution in [1.82, 2.24) is 15.5 Å². The summed E-state index contributed by atoms with van der Waals surface area (Å²) in [6.45, 7) is 5.37. The summed E-state index contributed by atoms with van der Waals surface area (Å²) in [7, 11) is 0. The Labute approximate surface area is 181 Å². The van der Waals surface area contributed by atoms with E-state index in [-0.39, 0.29) is 18.6 Å². The van der Waals surface area contributed by atoms with Gasteiger partial charge in [0, 0.05) is 32.7 Å². The number of hydrogen-bond donors (Lipinski definition) is 1. The van der Waals surface area contributed by atoms with E-state index < -0.39 is 0 Å². The highest BCUT2D eigenvalue weighted by molar-refractivity contribution is 5.79. The van der Waals surface area contributed by atoms with Crippen LogP contribution in [0.3, 0.4) is 0 Å². The van der Waals surface area contributed by atoms with Gasteiger partial charge in [-0.1, -0.05) is 6.07 Å². The number of fused-ring (bicyclic) bond motifs is 1. The van der Waals surface area contributed by atoms with Crippen LogP contribution < -0.4 is 24.6 Å². The second kappa shape index (κ2) is 8.97. The number of hydrogen-bond acceptors (Lipinski definition) is 8. The molecule has 9 heteroatoms. The van der Waals surface area contributed by atoms with Crippen molar-refractivity contribution in [3.05, 3.63) is 35.9 Å². The Morgan fingerprint density at radius 2 is 1.77 bits per heavy atom. The lowest BCUT2D eigenvalue weighted by molar-refractivity contribution is -0.125. The lowest BCUT2D eigenvalue weighted by Crippen LogP contribution is -2.43. The first-order chi connectivity index (χ1) is 15.3. The molecule has 5 rings (SSSR count). The topological polar surface area (TPSA) is 89.1 Å². The van der Waals surface area contributed by atoms with Gasteiger partial charge in [0.1, 0.15) is 0 Å². The number of rotatable bonds is 5. The molecular weight excluding hydrogens is 398 g/mol. The van der Waals surface area contributed by atoms with Crippen molar-refractivity contribution in [3.8, 4) is 11.5 Å². The summed E-state index contributed by atoms with van der Waals surface area (Å²) in [5.41, 5.74) is 0.995. The second-order valence-electron chi connectivity index (χ2n) is 8.04. The van der Waals surface area contributed by atoms with Gasteiger partial charge in [0.2, 0.25) is 12.7 Å². The zero-order chi connectivity index (χ0) is 21.0. The number of carbonyl (C=O) groups is 1. The summed E-state index contributed by atoms with van der Waals surface area (Å²) in [5, 5.41) is 11.9. The van der Waals surface area contributed by atoms with Gasteiger partial charge in [0.05, 0.1) is 19.1 Å². The maximum Gasteiger partial charge on any atom is 0.231 e. The van der Waals surface area contributed by atoms with Crippen LogP contribution in [0.15, 0.2) is 30.3 Å². The lowest BCUT2D eigenvalue weighted by Gasteiger charge is -2.33. The van der Waals surface area contributed by atoms with Crippen LogP contribution in [-0.4, -0.2) is 62.3 Å². The molecule has 2 aromatic rings. The predicted octanol–water partition coefficient (Wildman–Crippen LogP) is 1.57. The van der Waals surface area contributed by atoms with Crippen LogP contribution >= 0.6 is 0 Å². The number of morpholine rings is 1. The number of nitrogens with zero attached hydrogens (tertiary/aromatic N) is 4. The van der Waals surface area contributed by atoms with Crippen LogP contribution in [0.4, 0.5) is 11.6 Å². The number of ether oxygens (including phenoxy) is 3. The molecule has 1 amide bonds.